The van der Waals surface area contributed by atoms with Crippen molar-refractivity contribution in [2.75, 3.05) is 32.2 Å². The van der Waals surface area contributed by atoms with E-state index < -0.39 is 4.92 Å². The molecule has 0 radical (unpaired) electrons. The summed E-state index contributed by atoms with van der Waals surface area (Å²) in [6.45, 7) is 1.44. The number of ether oxygens (including phenoxy) is 2. The van der Waals surface area contributed by atoms with E-state index in [0.717, 1.165) is 25.9 Å². The maximum Gasteiger partial charge on any atom is 0.284 e. The number of rotatable bonds is 4. The van der Waals surface area contributed by atoms with Gasteiger partial charge in [-0.1, -0.05) is 0 Å². The first-order valence-electron chi connectivity index (χ1n) is 7.75. The van der Waals surface area contributed by atoms with E-state index in [2.05, 4.69) is 4.98 Å². The van der Waals surface area contributed by atoms with Gasteiger partial charge in [0.1, 0.15) is 11.2 Å². The number of pyridine rings is 1. The van der Waals surface area contributed by atoms with E-state index in [0.29, 0.717) is 28.1 Å². The summed E-state index contributed by atoms with van der Waals surface area (Å²) >= 11 is 0. The number of piperidine rings is 1. The second-order valence-electron chi connectivity index (χ2n) is 5.77. The Kier molecular flexibility index (Phi) is 4.39. The van der Waals surface area contributed by atoms with Crippen LogP contribution in [0.15, 0.2) is 18.3 Å². The number of benzene rings is 1. The number of non-ortho nitro benzene ring substituents is 1. The molecule has 0 saturated carbocycles. The summed E-state index contributed by atoms with van der Waals surface area (Å²) in [5, 5.41) is 12.7. The van der Waals surface area contributed by atoms with Crippen LogP contribution < -0.4 is 20.1 Å². The van der Waals surface area contributed by atoms with Crippen LogP contribution in [0.5, 0.6) is 11.5 Å². The van der Waals surface area contributed by atoms with E-state index in [4.69, 9.17) is 15.2 Å². The first-order chi connectivity index (χ1) is 11.6. The monoisotopic (exact) mass is 332 g/mol. The smallest absolute Gasteiger partial charge is 0.284 e. The van der Waals surface area contributed by atoms with E-state index in [1.807, 2.05) is 4.90 Å². The van der Waals surface area contributed by atoms with E-state index >= 15 is 0 Å². The van der Waals surface area contributed by atoms with Crippen LogP contribution in [0.2, 0.25) is 0 Å². The number of methoxy groups -OCH3 is 2. The number of aromatic nitrogens is 1. The van der Waals surface area contributed by atoms with Gasteiger partial charge in [0.25, 0.3) is 5.69 Å². The summed E-state index contributed by atoms with van der Waals surface area (Å²) in [4.78, 5) is 17.7. The third-order valence-electron chi connectivity index (χ3n) is 4.38. The van der Waals surface area contributed by atoms with Gasteiger partial charge in [0.15, 0.2) is 11.5 Å². The first kappa shape index (κ1) is 16.3. The fourth-order valence-electron chi connectivity index (χ4n) is 3.14. The minimum atomic E-state index is -0.412. The predicted molar refractivity (Wildman–Crippen MR) is 90.9 cm³/mol. The highest BCUT2D eigenvalue weighted by molar-refractivity contribution is 6.04. The second-order valence-corrected chi connectivity index (χ2v) is 5.77. The van der Waals surface area contributed by atoms with Gasteiger partial charge in [-0.25, -0.2) is 4.98 Å². The number of nitrogens with zero attached hydrogens (tertiary/aromatic N) is 3. The molecular weight excluding hydrogens is 312 g/mol. The van der Waals surface area contributed by atoms with Gasteiger partial charge >= 0.3 is 0 Å². The molecule has 8 heteroatoms. The molecule has 0 amide bonds. The summed E-state index contributed by atoms with van der Waals surface area (Å²) in [5.41, 5.74) is 5.92. The molecule has 0 atom stereocenters. The number of nitro benzene ring substituents is 1. The van der Waals surface area contributed by atoms with E-state index in [9.17, 15) is 10.1 Å². The maximum absolute atomic E-state index is 11.6. The quantitative estimate of drug-likeness (QED) is 0.675. The van der Waals surface area contributed by atoms with Crippen LogP contribution in [0.3, 0.4) is 0 Å². The van der Waals surface area contributed by atoms with Crippen molar-refractivity contribution in [2.24, 2.45) is 5.73 Å². The topological polar surface area (TPSA) is 104 Å². The fourth-order valence-corrected chi connectivity index (χ4v) is 3.14. The molecular formula is C16H20N4O4. The Morgan fingerprint density at radius 2 is 2.04 bits per heavy atom. The summed E-state index contributed by atoms with van der Waals surface area (Å²) in [5.74, 6) is 1.39. The van der Waals surface area contributed by atoms with E-state index in [-0.39, 0.29) is 11.7 Å². The highest BCUT2D eigenvalue weighted by Crippen LogP contribution is 2.44. The zero-order chi connectivity index (χ0) is 17.3. The van der Waals surface area contributed by atoms with Crippen LogP contribution in [-0.2, 0) is 0 Å². The first-order valence-corrected chi connectivity index (χ1v) is 7.75. The third-order valence-corrected chi connectivity index (χ3v) is 4.38. The Balaban J connectivity index is 2.25. The molecule has 1 aromatic heterocycles. The molecule has 0 aliphatic carbocycles. The van der Waals surface area contributed by atoms with Gasteiger partial charge in [-0.05, 0) is 18.9 Å². The van der Waals surface area contributed by atoms with Crippen molar-refractivity contribution in [2.45, 2.75) is 18.9 Å². The van der Waals surface area contributed by atoms with Crippen molar-refractivity contribution in [1.29, 1.82) is 0 Å². The Morgan fingerprint density at radius 3 is 2.62 bits per heavy atom. The van der Waals surface area contributed by atoms with Crippen LogP contribution in [-0.4, -0.2) is 43.3 Å². The van der Waals surface area contributed by atoms with Gasteiger partial charge in [0.05, 0.1) is 25.2 Å². The number of anilines is 1. The van der Waals surface area contributed by atoms with Crippen LogP contribution in [0.25, 0.3) is 10.8 Å². The lowest BCUT2D eigenvalue weighted by molar-refractivity contribution is -0.383. The second kappa shape index (κ2) is 6.48. The van der Waals surface area contributed by atoms with Crippen LogP contribution in [0.4, 0.5) is 11.5 Å². The molecule has 24 heavy (non-hydrogen) atoms. The molecule has 1 aromatic carbocycles. The van der Waals surface area contributed by atoms with E-state index in [1.165, 1.54) is 20.3 Å². The summed E-state index contributed by atoms with van der Waals surface area (Å²) < 4.78 is 10.7. The third kappa shape index (κ3) is 2.69. The lowest BCUT2D eigenvalue weighted by atomic mass is 10.0. The Labute approximate surface area is 139 Å². The van der Waals surface area contributed by atoms with Crippen molar-refractivity contribution < 1.29 is 14.4 Å². The van der Waals surface area contributed by atoms with Crippen molar-refractivity contribution in [3.8, 4) is 11.5 Å². The van der Waals surface area contributed by atoms with Gasteiger partial charge < -0.3 is 20.1 Å². The molecule has 2 N–H and O–H groups in total. The normalized spacial score (nSPS) is 15.5. The molecule has 3 rings (SSSR count). The van der Waals surface area contributed by atoms with Crippen LogP contribution in [0, 0.1) is 10.1 Å². The summed E-state index contributed by atoms with van der Waals surface area (Å²) in [7, 11) is 2.98. The Hall–Kier alpha value is -2.61. The summed E-state index contributed by atoms with van der Waals surface area (Å²) in [6.07, 6.45) is 3.30. The lowest BCUT2D eigenvalue weighted by Gasteiger charge is -2.31. The predicted octanol–water partition coefficient (Wildman–Crippen LogP) is 2.09. The van der Waals surface area contributed by atoms with Gasteiger partial charge in [-0.15, -0.1) is 0 Å². The molecule has 8 nitrogen and oxygen atoms in total. The maximum atomic E-state index is 11.6. The van der Waals surface area contributed by atoms with Gasteiger partial charge in [0, 0.05) is 30.7 Å². The molecule has 1 fully saturated rings. The molecule has 1 aliphatic rings. The fraction of sp³-hybridized carbons (Fsp3) is 0.438. The summed E-state index contributed by atoms with van der Waals surface area (Å²) in [6, 6.07) is 3.27. The Bertz CT molecular complexity index is 772. The number of nitrogens with two attached hydrogens (primary N) is 1. The highest BCUT2D eigenvalue weighted by Gasteiger charge is 2.27. The van der Waals surface area contributed by atoms with E-state index in [1.54, 1.807) is 12.3 Å². The molecule has 2 heterocycles. The lowest BCUT2D eigenvalue weighted by Crippen LogP contribution is -2.40. The molecule has 0 spiro atoms. The van der Waals surface area contributed by atoms with Crippen molar-refractivity contribution >= 4 is 22.3 Å². The number of hydrogen-bond acceptors (Lipinski definition) is 7. The average molecular weight is 332 g/mol. The van der Waals surface area contributed by atoms with Crippen LogP contribution >= 0.6 is 0 Å². The van der Waals surface area contributed by atoms with Gasteiger partial charge in [-0.3, -0.25) is 10.1 Å². The molecule has 0 bridgehead atoms. The number of fused-ring (bicyclic) bond motifs is 1. The molecule has 1 saturated heterocycles. The zero-order valence-corrected chi connectivity index (χ0v) is 13.7. The number of hydrogen-bond donors (Lipinski definition) is 1. The van der Waals surface area contributed by atoms with Gasteiger partial charge in [-0.2, -0.15) is 0 Å². The van der Waals surface area contributed by atoms with Crippen molar-refractivity contribution in [1.82, 2.24) is 4.98 Å². The molecule has 2 aromatic rings. The van der Waals surface area contributed by atoms with Crippen molar-refractivity contribution in [3.05, 3.63) is 28.4 Å². The molecule has 0 unspecified atom stereocenters. The zero-order valence-electron chi connectivity index (χ0n) is 13.7. The average Bonchev–Trinajstić information content (AvgIpc) is 2.60. The van der Waals surface area contributed by atoms with Gasteiger partial charge in [0.2, 0.25) is 0 Å². The molecule has 128 valence electrons. The minimum absolute atomic E-state index is 0.0411. The molecule has 1 aliphatic heterocycles. The highest BCUT2D eigenvalue weighted by atomic mass is 16.6. The Morgan fingerprint density at radius 1 is 1.33 bits per heavy atom. The standard InChI is InChI=1S/C16H20N4O4/c1-23-13-9-12(20(21)22)14-11(15(13)24-2)3-6-18-16(14)19-7-4-10(17)5-8-19/h3,6,9-10H,4-5,7-8,17H2,1-2H3. The minimum Gasteiger partial charge on any atom is -0.493 e. The number of nitro groups is 1. The largest absolute Gasteiger partial charge is 0.493 e. The van der Waals surface area contributed by atoms with Crippen molar-refractivity contribution in [3.63, 3.8) is 0 Å². The SMILES string of the molecule is COc1cc([N+](=O)[O-])c2c(N3CCC(N)CC3)nccc2c1OC. The van der Waals surface area contributed by atoms with Crippen LogP contribution in [0.1, 0.15) is 12.8 Å².